The normalized spacial score (nSPS) is 22.4. The summed E-state index contributed by atoms with van der Waals surface area (Å²) in [6.45, 7) is 8.07. The molecule has 1 aromatic rings. The second kappa shape index (κ2) is 3.79. The summed E-state index contributed by atoms with van der Waals surface area (Å²) in [6.07, 6.45) is 1.68. The van der Waals surface area contributed by atoms with Gasteiger partial charge in [-0.1, -0.05) is 0 Å². The van der Waals surface area contributed by atoms with Gasteiger partial charge in [-0.2, -0.15) is 0 Å². The highest BCUT2D eigenvalue weighted by Crippen LogP contribution is 2.36. The van der Waals surface area contributed by atoms with Crippen molar-refractivity contribution < 1.29 is 9.31 Å². The van der Waals surface area contributed by atoms with Crippen molar-refractivity contribution in [3.8, 4) is 0 Å². The first-order chi connectivity index (χ1) is 7.32. The Labute approximate surface area is 104 Å². The minimum atomic E-state index is -0.427. The van der Waals surface area contributed by atoms with Gasteiger partial charge in [0.25, 0.3) is 0 Å². The van der Waals surface area contributed by atoms with Gasteiger partial charge in [0.15, 0.2) is 4.73 Å². The molecule has 2 rings (SSSR count). The Kier molecular flexibility index (Phi) is 2.84. The second-order valence-corrected chi connectivity index (χ2v) is 5.55. The highest BCUT2D eigenvalue weighted by Gasteiger charge is 2.52. The van der Waals surface area contributed by atoms with Crippen LogP contribution in [0.4, 0.5) is 0 Å². The molecule has 0 N–H and O–H groups in total. The van der Waals surface area contributed by atoms with Gasteiger partial charge in [0.05, 0.1) is 16.8 Å². The van der Waals surface area contributed by atoms with Crippen LogP contribution in [0.15, 0.2) is 17.0 Å². The summed E-state index contributed by atoms with van der Waals surface area (Å²) < 4.78 is 12.3. The number of aromatic nitrogens is 2. The topological polar surface area (TPSA) is 44.2 Å². The molecular formula is C10H14BBrN2O2. The van der Waals surface area contributed by atoms with E-state index in [4.69, 9.17) is 9.31 Å². The van der Waals surface area contributed by atoms with Gasteiger partial charge in [0.2, 0.25) is 0 Å². The summed E-state index contributed by atoms with van der Waals surface area (Å²) in [5.74, 6) is 0. The summed E-state index contributed by atoms with van der Waals surface area (Å²) in [5, 5.41) is 0. The largest absolute Gasteiger partial charge is 0.514 e. The zero-order chi connectivity index (χ0) is 12.0. The molecule has 0 aromatic carbocycles. The average molecular weight is 285 g/mol. The fourth-order valence-electron chi connectivity index (χ4n) is 1.44. The lowest BCUT2D eigenvalue weighted by Gasteiger charge is -2.32. The molecule has 1 saturated heterocycles. The summed E-state index contributed by atoms with van der Waals surface area (Å²) in [6, 6.07) is 1.80. The zero-order valence-corrected chi connectivity index (χ0v) is 11.4. The predicted octanol–water partition coefficient (Wildman–Crippen LogP) is 1.54. The Morgan fingerprint density at radius 1 is 1.19 bits per heavy atom. The molecule has 16 heavy (non-hydrogen) atoms. The first-order valence-electron chi connectivity index (χ1n) is 5.16. The van der Waals surface area contributed by atoms with Gasteiger partial charge in [-0.25, -0.2) is 9.97 Å². The zero-order valence-electron chi connectivity index (χ0n) is 9.82. The molecule has 1 fully saturated rings. The van der Waals surface area contributed by atoms with Crippen molar-refractivity contribution >= 4 is 28.6 Å². The van der Waals surface area contributed by atoms with Crippen LogP contribution in [0.1, 0.15) is 27.7 Å². The molecule has 6 heteroatoms. The van der Waals surface area contributed by atoms with Crippen molar-refractivity contribution in [2.24, 2.45) is 0 Å². The highest BCUT2D eigenvalue weighted by molar-refractivity contribution is 9.10. The van der Waals surface area contributed by atoms with Crippen LogP contribution < -0.4 is 5.59 Å². The lowest BCUT2D eigenvalue weighted by Crippen LogP contribution is -2.41. The standard InChI is InChI=1S/C10H14BBrN2O2/c1-9(2)10(3,4)16-11(15-9)7-5-6-13-8(12)14-7/h5-6H,1-4H3. The summed E-state index contributed by atoms with van der Waals surface area (Å²) >= 11 is 3.23. The Morgan fingerprint density at radius 3 is 2.25 bits per heavy atom. The van der Waals surface area contributed by atoms with E-state index in [2.05, 4.69) is 25.9 Å². The molecule has 1 aliphatic heterocycles. The first kappa shape index (κ1) is 12.0. The van der Waals surface area contributed by atoms with Crippen LogP contribution in [0, 0.1) is 0 Å². The van der Waals surface area contributed by atoms with E-state index in [9.17, 15) is 0 Å². The third-order valence-electron chi connectivity index (χ3n) is 3.14. The van der Waals surface area contributed by atoms with Crippen LogP contribution in [-0.4, -0.2) is 28.3 Å². The van der Waals surface area contributed by atoms with Crippen LogP contribution >= 0.6 is 15.9 Å². The van der Waals surface area contributed by atoms with E-state index >= 15 is 0 Å². The summed E-state index contributed by atoms with van der Waals surface area (Å²) in [7, 11) is -0.427. The van der Waals surface area contributed by atoms with Crippen molar-refractivity contribution in [1.29, 1.82) is 0 Å². The minimum absolute atomic E-state index is 0.338. The third-order valence-corrected chi connectivity index (χ3v) is 3.52. The molecule has 0 bridgehead atoms. The maximum absolute atomic E-state index is 5.87. The van der Waals surface area contributed by atoms with Gasteiger partial charge < -0.3 is 9.31 Å². The fourth-order valence-corrected chi connectivity index (χ4v) is 1.77. The molecule has 4 nitrogen and oxygen atoms in total. The van der Waals surface area contributed by atoms with Crippen LogP contribution in [0.25, 0.3) is 0 Å². The number of rotatable bonds is 1. The summed E-state index contributed by atoms with van der Waals surface area (Å²) in [4.78, 5) is 8.22. The van der Waals surface area contributed by atoms with Crippen molar-refractivity contribution in [3.63, 3.8) is 0 Å². The molecule has 0 saturated carbocycles. The lowest BCUT2D eigenvalue weighted by molar-refractivity contribution is 0.00578. The van der Waals surface area contributed by atoms with E-state index in [1.54, 1.807) is 12.3 Å². The molecule has 0 aliphatic carbocycles. The van der Waals surface area contributed by atoms with Crippen LogP contribution in [-0.2, 0) is 9.31 Å². The van der Waals surface area contributed by atoms with Gasteiger partial charge in [-0.15, -0.1) is 0 Å². The van der Waals surface area contributed by atoms with Crippen molar-refractivity contribution in [2.45, 2.75) is 38.9 Å². The van der Waals surface area contributed by atoms with Gasteiger partial charge in [-0.3, -0.25) is 0 Å². The van der Waals surface area contributed by atoms with E-state index in [0.29, 0.717) is 4.73 Å². The average Bonchev–Trinajstić information content (AvgIpc) is 2.36. The molecule has 0 radical (unpaired) electrons. The molecule has 0 spiro atoms. The second-order valence-electron chi connectivity index (χ2n) is 4.84. The molecule has 1 aliphatic rings. The van der Waals surface area contributed by atoms with Crippen molar-refractivity contribution in [3.05, 3.63) is 17.0 Å². The fraction of sp³-hybridized carbons (Fsp3) is 0.600. The molecule has 0 atom stereocenters. The van der Waals surface area contributed by atoms with Crippen molar-refractivity contribution in [1.82, 2.24) is 9.97 Å². The molecule has 2 heterocycles. The third kappa shape index (κ3) is 2.01. The van der Waals surface area contributed by atoms with Gasteiger partial charge >= 0.3 is 7.12 Å². The van der Waals surface area contributed by atoms with Crippen LogP contribution in [0.2, 0.25) is 0 Å². The predicted molar refractivity (Wildman–Crippen MR) is 65.4 cm³/mol. The number of halogens is 1. The van der Waals surface area contributed by atoms with Gasteiger partial charge in [0.1, 0.15) is 0 Å². The molecule has 0 unspecified atom stereocenters. The number of hydrogen-bond donors (Lipinski definition) is 0. The molecular weight excluding hydrogens is 271 g/mol. The van der Waals surface area contributed by atoms with Crippen LogP contribution in [0.5, 0.6) is 0 Å². The highest BCUT2D eigenvalue weighted by atomic mass is 79.9. The van der Waals surface area contributed by atoms with E-state index in [1.807, 2.05) is 27.7 Å². The number of hydrogen-bond acceptors (Lipinski definition) is 4. The Bertz CT molecular complexity index is 396. The maximum atomic E-state index is 5.87. The minimum Gasteiger partial charge on any atom is -0.398 e. The first-order valence-corrected chi connectivity index (χ1v) is 5.95. The molecule has 86 valence electrons. The monoisotopic (exact) mass is 284 g/mol. The van der Waals surface area contributed by atoms with E-state index in [0.717, 1.165) is 5.59 Å². The van der Waals surface area contributed by atoms with E-state index in [-0.39, 0.29) is 11.2 Å². The maximum Gasteiger partial charge on any atom is 0.514 e. The summed E-state index contributed by atoms with van der Waals surface area (Å²) in [5.41, 5.74) is 0.0602. The van der Waals surface area contributed by atoms with E-state index < -0.39 is 7.12 Å². The van der Waals surface area contributed by atoms with E-state index in [1.165, 1.54) is 0 Å². The van der Waals surface area contributed by atoms with Crippen molar-refractivity contribution in [2.75, 3.05) is 0 Å². The molecule has 0 amide bonds. The number of nitrogens with zero attached hydrogens (tertiary/aromatic N) is 2. The van der Waals surface area contributed by atoms with Gasteiger partial charge in [0, 0.05) is 6.20 Å². The molecule has 1 aromatic heterocycles. The Balaban J connectivity index is 2.27. The Hall–Kier alpha value is -0.455. The van der Waals surface area contributed by atoms with Crippen LogP contribution in [0.3, 0.4) is 0 Å². The SMILES string of the molecule is CC1(C)OB(c2ccnc(Br)n2)OC1(C)C. The quantitative estimate of drug-likeness (QED) is 0.580. The van der Waals surface area contributed by atoms with Gasteiger partial charge in [-0.05, 0) is 49.7 Å². The lowest BCUT2D eigenvalue weighted by atomic mass is 9.85. The smallest absolute Gasteiger partial charge is 0.398 e. The Morgan fingerprint density at radius 2 is 1.75 bits per heavy atom.